The fraction of sp³-hybridized carbons (Fsp3) is 0.192. The van der Waals surface area contributed by atoms with Crippen LogP contribution >= 0.6 is 0 Å². The summed E-state index contributed by atoms with van der Waals surface area (Å²) in [4.78, 5) is 13.4. The summed E-state index contributed by atoms with van der Waals surface area (Å²) in [5, 5.41) is 6.60. The SMILES string of the molecule is COc1ccc([C@H]2CC(=O)C3=C(C2)Nc2ccccc2N[C@H]3c2c(F)cccc2F)cc1. The van der Waals surface area contributed by atoms with Gasteiger partial charge in [-0.1, -0.05) is 30.3 Å². The summed E-state index contributed by atoms with van der Waals surface area (Å²) in [7, 11) is 1.61. The lowest BCUT2D eigenvalue weighted by Crippen LogP contribution is -2.28. The quantitative estimate of drug-likeness (QED) is 0.537. The first-order valence-corrected chi connectivity index (χ1v) is 10.5. The number of anilines is 2. The van der Waals surface area contributed by atoms with Crippen molar-refractivity contribution in [3.8, 4) is 5.75 Å². The van der Waals surface area contributed by atoms with Gasteiger partial charge in [-0.05, 0) is 54.3 Å². The number of benzene rings is 3. The number of allylic oxidation sites excluding steroid dienone is 1. The molecular formula is C26H22F2N2O2. The van der Waals surface area contributed by atoms with Crippen molar-refractivity contribution in [2.45, 2.75) is 24.8 Å². The van der Waals surface area contributed by atoms with Crippen LogP contribution < -0.4 is 15.4 Å². The molecule has 1 aliphatic carbocycles. The van der Waals surface area contributed by atoms with Crippen LogP contribution in [-0.4, -0.2) is 12.9 Å². The molecule has 0 amide bonds. The van der Waals surface area contributed by atoms with E-state index in [1.54, 1.807) is 7.11 Å². The molecule has 0 spiro atoms. The number of ketones is 1. The predicted molar refractivity (Wildman–Crippen MR) is 120 cm³/mol. The Balaban J connectivity index is 1.62. The minimum absolute atomic E-state index is 0.0453. The molecule has 0 bridgehead atoms. The van der Waals surface area contributed by atoms with Crippen molar-refractivity contribution in [2.75, 3.05) is 17.7 Å². The molecule has 0 aromatic heterocycles. The maximum absolute atomic E-state index is 14.8. The lowest BCUT2D eigenvalue weighted by molar-refractivity contribution is -0.116. The molecule has 0 radical (unpaired) electrons. The molecule has 32 heavy (non-hydrogen) atoms. The molecule has 3 aromatic rings. The number of carbonyl (C=O) groups is 1. The lowest BCUT2D eigenvalue weighted by atomic mass is 9.78. The van der Waals surface area contributed by atoms with Crippen molar-refractivity contribution in [2.24, 2.45) is 0 Å². The van der Waals surface area contributed by atoms with Crippen LogP contribution in [0.5, 0.6) is 5.75 Å². The van der Waals surface area contributed by atoms with E-state index >= 15 is 0 Å². The molecule has 2 N–H and O–H groups in total. The second kappa shape index (κ2) is 8.11. The van der Waals surface area contributed by atoms with Crippen molar-refractivity contribution in [3.05, 3.63) is 101 Å². The minimum Gasteiger partial charge on any atom is -0.497 e. The van der Waals surface area contributed by atoms with Crippen LogP contribution in [-0.2, 0) is 4.79 Å². The fourth-order valence-electron chi connectivity index (χ4n) is 4.61. The molecule has 0 saturated heterocycles. The number of hydrogen-bond acceptors (Lipinski definition) is 4. The monoisotopic (exact) mass is 432 g/mol. The molecule has 2 atom stereocenters. The molecule has 2 aliphatic rings. The smallest absolute Gasteiger partial charge is 0.163 e. The first-order chi connectivity index (χ1) is 15.5. The fourth-order valence-corrected chi connectivity index (χ4v) is 4.61. The van der Waals surface area contributed by atoms with Gasteiger partial charge in [0.2, 0.25) is 0 Å². The van der Waals surface area contributed by atoms with Crippen molar-refractivity contribution in [1.29, 1.82) is 0 Å². The number of para-hydroxylation sites is 2. The summed E-state index contributed by atoms with van der Waals surface area (Å²) in [6, 6.07) is 17.9. The highest BCUT2D eigenvalue weighted by Crippen LogP contribution is 2.45. The Kier molecular flexibility index (Phi) is 5.13. The minimum atomic E-state index is -0.924. The molecule has 3 aromatic carbocycles. The van der Waals surface area contributed by atoms with Crippen LogP contribution in [0.15, 0.2) is 78.0 Å². The van der Waals surface area contributed by atoms with Gasteiger partial charge in [-0.3, -0.25) is 4.79 Å². The molecule has 0 unspecified atom stereocenters. The van der Waals surface area contributed by atoms with Gasteiger partial charge in [0.1, 0.15) is 17.4 Å². The summed E-state index contributed by atoms with van der Waals surface area (Å²) in [5.74, 6) is -0.794. The highest BCUT2D eigenvalue weighted by Gasteiger charge is 2.38. The molecule has 6 heteroatoms. The van der Waals surface area contributed by atoms with Crippen molar-refractivity contribution in [1.82, 2.24) is 0 Å². The maximum atomic E-state index is 14.8. The van der Waals surface area contributed by atoms with Gasteiger partial charge in [0.05, 0.1) is 30.1 Å². The number of ether oxygens (including phenoxy) is 1. The van der Waals surface area contributed by atoms with Crippen LogP contribution in [0.4, 0.5) is 20.2 Å². The van der Waals surface area contributed by atoms with Crippen molar-refractivity contribution >= 4 is 17.2 Å². The highest BCUT2D eigenvalue weighted by atomic mass is 19.1. The van der Waals surface area contributed by atoms with Gasteiger partial charge in [0.25, 0.3) is 0 Å². The normalized spacial score (nSPS) is 19.9. The van der Waals surface area contributed by atoms with E-state index in [4.69, 9.17) is 4.74 Å². The van der Waals surface area contributed by atoms with Gasteiger partial charge in [-0.2, -0.15) is 0 Å². The average Bonchev–Trinajstić information content (AvgIpc) is 2.96. The zero-order valence-electron chi connectivity index (χ0n) is 17.5. The zero-order valence-corrected chi connectivity index (χ0v) is 17.5. The van der Waals surface area contributed by atoms with Crippen LogP contribution in [0, 0.1) is 11.6 Å². The number of rotatable bonds is 3. The molecule has 5 rings (SSSR count). The zero-order chi connectivity index (χ0) is 22.2. The predicted octanol–water partition coefficient (Wildman–Crippen LogP) is 5.95. The Morgan fingerprint density at radius 2 is 1.56 bits per heavy atom. The number of halogens is 2. The number of methoxy groups -OCH3 is 1. The number of hydrogen-bond donors (Lipinski definition) is 2. The van der Waals surface area contributed by atoms with E-state index in [1.165, 1.54) is 18.2 Å². The van der Waals surface area contributed by atoms with E-state index < -0.39 is 17.7 Å². The summed E-state index contributed by atoms with van der Waals surface area (Å²) in [6.45, 7) is 0. The summed E-state index contributed by atoms with van der Waals surface area (Å²) < 4.78 is 34.8. The number of carbonyl (C=O) groups excluding carboxylic acids is 1. The van der Waals surface area contributed by atoms with Crippen LogP contribution in [0.25, 0.3) is 0 Å². The second-order valence-electron chi connectivity index (χ2n) is 8.08. The third kappa shape index (κ3) is 3.51. The molecule has 1 aliphatic heterocycles. The average molecular weight is 432 g/mol. The Morgan fingerprint density at radius 1 is 0.875 bits per heavy atom. The van der Waals surface area contributed by atoms with Crippen molar-refractivity contribution in [3.63, 3.8) is 0 Å². The van der Waals surface area contributed by atoms with E-state index in [0.717, 1.165) is 17.0 Å². The Hall–Kier alpha value is -3.67. The van der Waals surface area contributed by atoms with Gasteiger partial charge in [0.15, 0.2) is 5.78 Å². The third-order valence-corrected chi connectivity index (χ3v) is 6.18. The van der Waals surface area contributed by atoms with Gasteiger partial charge in [-0.15, -0.1) is 0 Å². The standard InChI is InChI=1S/C26H22F2N2O2/c1-32-17-11-9-15(10-12-17)16-13-22-25(23(31)14-16)26(24-18(27)5-4-6-19(24)28)30-21-8-3-2-7-20(21)29-22/h2-12,16,26,29-30H,13-14H2,1H3/t16-,26+/m1/s1. The van der Waals surface area contributed by atoms with Gasteiger partial charge < -0.3 is 15.4 Å². The Morgan fingerprint density at radius 3 is 2.25 bits per heavy atom. The van der Waals surface area contributed by atoms with E-state index in [2.05, 4.69) is 10.6 Å². The van der Waals surface area contributed by atoms with E-state index in [9.17, 15) is 13.6 Å². The molecular weight excluding hydrogens is 410 g/mol. The summed E-state index contributed by atoms with van der Waals surface area (Å²) in [5.41, 5.74) is 3.40. The van der Waals surface area contributed by atoms with Gasteiger partial charge in [-0.25, -0.2) is 8.78 Å². The molecule has 162 valence electrons. The van der Waals surface area contributed by atoms with Gasteiger partial charge in [0, 0.05) is 17.7 Å². The van der Waals surface area contributed by atoms with E-state index in [-0.39, 0.29) is 23.7 Å². The molecule has 4 nitrogen and oxygen atoms in total. The van der Waals surface area contributed by atoms with Crippen LogP contribution in [0.1, 0.15) is 35.9 Å². The summed E-state index contributed by atoms with van der Waals surface area (Å²) >= 11 is 0. The molecule has 0 fully saturated rings. The maximum Gasteiger partial charge on any atom is 0.163 e. The molecule has 0 saturated carbocycles. The number of fused-ring (bicyclic) bond motifs is 1. The highest BCUT2D eigenvalue weighted by molar-refractivity contribution is 6.01. The van der Waals surface area contributed by atoms with Crippen molar-refractivity contribution < 1.29 is 18.3 Å². The Labute approximate surface area is 184 Å². The lowest BCUT2D eigenvalue weighted by Gasteiger charge is -2.30. The first-order valence-electron chi connectivity index (χ1n) is 10.5. The number of Topliss-reactive ketones (excluding diaryl/α,β-unsaturated/α-hetero) is 1. The van der Waals surface area contributed by atoms with Crippen LogP contribution in [0.2, 0.25) is 0 Å². The van der Waals surface area contributed by atoms with E-state index in [0.29, 0.717) is 23.4 Å². The largest absolute Gasteiger partial charge is 0.497 e. The third-order valence-electron chi connectivity index (χ3n) is 6.18. The Bertz CT molecular complexity index is 1200. The molecule has 1 heterocycles. The van der Waals surface area contributed by atoms with E-state index in [1.807, 2.05) is 48.5 Å². The van der Waals surface area contributed by atoms with Gasteiger partial charge >= 0.3 is 0 Å². The second-order valence-corrected chi connectivity index (χ2v) is 8.08. The number of nitrogens with one attached hydrogen (secondary N) is 2. The summed E-state index contributed by atoms with van der Waals surface area (Å²) in [6.07, 6.45) is 0.813. The first kappa shape index (κ1) is 20.2. The van der Waals surface area contributed by atoms with Crippen LogP contribution in [0.3, 0.4) is 0 Å². The topological polar surface area (TPSA) is 50.4 Å².